The zero-order valence-corrected chi connectivity index (χ0v) is 17.1. The summed E-state index contributed by atoms with van der Waals surface area (Å²) in [5.41, 5.74) is 1.14. The molecule has 0 spiro atoms. The maximum atomic E-state index is 13.2. The van der Waals surface area contributed by atoms with Gasteiger partial charge in [0.15, 0.2) is 5.78 Å². The maximum Gasteiger partial charge on any atom is 0.243 e. The summed E-state index contributed by atoms with van der Waals surface area (Å²) >= 11 is 1.62. The minimum Gasteiger partial charge on any atom is -0.349 e. The van der Waals surface area contributed by atoms with Crippen LogP contribution in [0, 0.1) is 34.5 Å². The van der Waals surface area contributed by atoms with Crippen LogP contribution < -0.4 is 5.32 Å². The second kappa shape index (κ2) is 6.04. The molecule has 3 saturated carbocycles. The van der Waals surface area contributed by atoms with E-state index in [1.165, 1.54) is 19.3 Å². The first-order valence-electron chi connectivity index (χ1n) is 10.5. The van der Waals surface area contributed by atoms with E-state index in [1.54, 1.807) is 17.4 Å². The van der Waals surface area contributed by atoms with Crippen molar-refractivity contribution < 1.29 is 9.59 Å². The number of ketones is 1. The van der Waals surface area contributed by atoms with Crippen molar-refractivity contribution in [2.75, 3.05) is 0 Å². The van der Waals surface area contributed by atoms with Gasteiger partial charge in [-0.05, 0) is 79.2 Å². The molecule has 0 radical (unpaired) electrons. The second-order valence-corrected chi connectivity index (χ2v) is 10.5. The first-order chi connectivity index (χ1) is 12.9. The molecule has 3 nitrogen and oxygen atoms in total. The highest BCUT2D eigenvalue weighted by atomic mass is 32.1. The Labute approximate surface area is 165 Å². The summed E-state index contributed by atoms with van der Waals surface area (Å²) in [7, 11) is 0. The van der Waals surface area contributed by atoms with Crippen LogP contribution >= 0.6 is 11.3 Å². The van der Waals surface area contributed by atoms with Gasteiger partial charge in [0.25, 0.3) is 0 Å². The van der Waals surface area contributed by atoms with Gasteiger partial charge >= 0.3 is 0 Å². The minimum absolute atomic E-state index is 0.0684. The first kappa shape index (κ1) is 17.7. The quantitative estimate of drug-likeness (QED) is 0.743. The molecule has 2 heterocycles. The van der Waals surface area contributed by atoms with Crippen LogP contribution in [0.5, 0.6) is 0 Å². The summed E-state index contributed by atoms with van der Waals surface area (Å²) in [5, 5.41) is 7.27. The SMILES string of the molecule is C[C@]12C=CC(=O)NC1CC[C@@H]1[C@H]2CC[C@]2(C)C(C(=O)c3ccsc3)CC[C@@H]12. The second-order valence-electron chi connectivity index (χ2n) is 9.77. The third-order valence-electron chi connectivity index (χ3n) is 8.81. The molecule has 144 valence electrons. The zero-order chi connectivity index (χ0) is 18.8. The minimum atomic E-state index is 0.0684. The fourth-order valence-electron chi connectivity index (χ4n) is 7.37. The van der Waals surface area contributed by atoms with E-state index in [0.717, 1.165) is 24.8 Å². The van der Waals surface area contributed by atoms with Crippen molar-refractivity contribution in [2.24, 2.45) is 34.5 Å². The van der Waals surface area contributed by atoms with Crippen LogP contribution in [0.2, 0.25) is 0 Å². The smallest absolute Gasteiger partial charge is 0.243 e. The number of nitrogens with one attached hydrogen (secondary N) is 1. The van der Waals surface area contributed by atoms with E-state index < -0.39 is 0 Å². The molecule has 1 amide bonds. The van der Waals surface area contributed by atoms with Crippen molar-refractivity contribution in [1.29, 1.82) is 0 Å². The van der Waals surface area contributed by atoms with E-state index in [2.05, 4.69) is 25.2 Å². The molecular formula is C23H29NO2S. The molecule has 3 fully saturated rings. The lowest BCUT2D eigenvalue weighted by atomic mass is 9.47. The largest absolute Gasteiger partial charge is 0.349 e. The normalized spacial score (nSPS) is 45.6. The Morgan fingerprint density at radius 3 is 2.78 bits per heavy atom. The summed E-state index contributed by atoms with van der Waals surface area (Å²) in [5.74, 6) is 2.59. The number of hydrogen-bond acceptors (Lipinski definition) is 3. The molecule has 4 aliphatic rings. The fraction of sp³-hybridized carbons (Fsp3) is 0.652. The Morgan fingerprint density at radius 2 is 2.00 bits per heavy atom. The topological polar surface area (TPSA) is 46.2 Å². The molecule has 5 rings (SSSR count). The van der Waals surface area contributed by atoms with Crippen molar-refractivity contribution in [1.82, 2.24) is 5.32 Å². The van der Waals surface area contributed by atoms with Gasteiger partial charge in [0.1, 0.15) is 0 Å². The number of amides is 1. The molecule has 1 aliphatic heterocycles. The van der Waals surface area contributed by atoms with Gasteiger partial charge in [-0.1, -0.05) is 19.9 Å². The molecular weight excluding hydrogens is 354 g/mol. The predicted octanol–water partition coefficient (Wildman–Crippen LogP) is 4.84. The van der Waals surface area contributed by atoms with E-state index in [9.17, 15) is 9.59 Å². The standard InChI is InChI=1S/C23H29NO2S/c1-22-10-7-17-15(3-6-19-23(17,2)11-8-20(25)24-19)16(22)4-5-18(22)21(26)14-9-12-27-13-14/h8-9,11-13,15-19H,3-7,10H2,1-2H3,(H,24,25)/t15-,16-,17+,18?,19?,22-,23+/m0/s1. The predicted molar refractivity (Wildman–Crippen MR) is 108 cm³/mol. The van der Waals surface area contributed by atoms with Gasteiger partial charge in [-0.2, -0.15) is 11.3 Å². The number of fused-ring (bicyclic) bond motifs is 5. The van der Waals surface area contributed by atoms with Gasteiger partial charge in [0, 0.05) is 28.3 Å². The summed E-state index contributed by atoms with van der Waals surface area (Å²) < 4.78 is 0. The molecule has 2 unspecified atom stereocenters. The molecule has 0 bridgehead atoms. The lowest BCUT2D eigenvalue weighted by molar-refractivity contribution is -0.122. The maximum absolute atomic E-state index is 13.2. The highest BCUT2D eigenvalue weighted by Gasteiger charge is 2.60. The van der Waals surface area contributed by atoms with Crippen LogP contribution in [0.3, 0.4) is 0 Å². The van der Waals surface area contributed by atoms with Crippen LogP contribution in [0.1, 0.15) is 62.7 Å². The monoisotopic (exact) mass is 383 g/mol. The highest BCUT2D eigenvalue weighted by Crippen LogP contribution is 2.65. The summed E-state index contributed by atoms with van der Waals surface area (Å²) in [6, 6.07) is 2.28. The zero-order valence-electron chi connectivity index (χ0n) is 16.2. The molecule has 7 atom stereocenters. The average molecular weight is 384 g/mol. The van der Waals surface area contributed by atoms with Crippen LogP contribution in [-0.2, 0) is 4.79 Å². The van der Waals surface area contributed by atoms with E-state index in [1.807, 2.05) is 16.8 Å². The molecule has 1 aromatic heterocycles. The molecule has 0 aromatic carbocycles. The highest BCUT2D eigenvalue weighted by molar-refractivity contribution is 7.08. The number of thiophene rings is 1. The molecule has 1 aromatic rings. The van der Waals surface area contributed by atoms with Crippen LogP contribution in [0.4, 0.5) is 0 Å². The van der Waals surface area contributed by atoms with E-state index in [0.29, 0.717) is 23.5 Å². The Morgan fingerprint density at radius 1 is 1.15 bits per heavy atom. The number of carbonyl (C=O) groups excluding carboxylic acids is 2. The summed E-state index contributed by atoms with van der Waals surface area (Å²) in [6.07, 6.45) is 10.8. The van der Waals surface area contributed by atoms with Gasteiger partial charge in [-0.15, -0.1) is 0 Å². The molecule has 27 heavy (non-hydrogen) atoms. The van der Waals surface area contributed by atoms with Gasteiger partial charge in [-0.25, -0.2) is 0 Å². The van der Waals surface area contributed by atoms with Gasteiger partial charge in [0.2, 0.25) is 5.91 Å². The van der Waals surface area contributed by atoms with Crippen molar-refractivity contribution >= 4 is 23.0 Å². The number of rotatable bonds is 2. The van der Waals surface area contributed by atoms with Crippen molar-refractivity contribution in [3.8, 4) is 0 Å². The van der Waals surface area contributed by atoms with E-state index in [4.69, 9.17) is 0 Å². The van der Waals surface area contributed by atoms with Gasteiger partial charge < -0.3 is 5.32 Å². The third-order valence-corrected chi connectivity index (χ3v) is 9.49. The first-order valence-corrected chi connectivity index (χ1v) is 11.4. The van der Waals surface area contributed by atoms with Crippen molar-refractivity contribution in [3.63, 3.8) is 0 Å². The Bertz CT molecular complexity index is 799. The van der Waals surface area contributed by atoms with Gasteiger partial charge in [-0.3, -0.25) is 9.59 Å². The molecule has 0 saturated heterocycles. The Balaban J connectivity index is 1.44. The summed E-state index contributed by atoms with van der Waals surface area (Å²) in [4.78, 5) is 25.1. The number of Topliss-reactive ketones (excluding diaryl/α,β-unsaturated/α-hetero) is 1. The molecule has 4 heteroatoms. The van der Waals surface area contributed by atoms with Crippen LogP contribution in [-0.4, -0.2) is 17.7 Å². The molecule has 1 N–H and O–H groups in total. The average Bonchev–Trinajstić information content (AvgIpc) is 3.29. The lowest BCUT2D eigenvalue weighted by Gasteiger charge is -2.58. The number of hydrogen-bond donors (Lipinski definition) is 1. The third kappa shape index (κ3) is 2.45. The molecule has 3 aliphatic carbocycles. The fourth-order valence-corrected chi connectivity index (χ4v) is 8.02. The lowest BCUT2D eigenvalue weighted by Crippen LogP contribution is -2.59. The van der Waals surface area contributed by atoms with Crippen LogP contribution in [0.25, 0.3) is 0 Å². The van der Waals surface area contributed by atoms with Crippen molar-refractivity contribution in [3.05, 3.63) is 34.5 Å². The van der Waals surface area contributed by atoms with Gasteiger partial charge in [0.05, 0.1) is 0 Å². The van der Waals surface area contributed by atoms with Crippen molar-refractivity contribution in [2.45, 2.75) is 58.4 Å². The number of carbonyl (C=O) groups is 2. The Hall–Kier alpha value is -1.42. The Kier molecular flexibility index (Phi) is 3.95. The van der Waals surface area contributed by atoms with E-state index >= 15 is 0 Å². The summed E-state index contributed by atoms with van der Waals surface area (Å²) in [6.45, 7) is 4.76. The van der Waals surface area contributed by atoms with E-state index in [-0.39, 0.29) is 28.7 Å². The van der Waals surface area contributed by atoms with Crippen LogP contribution in [0.15, 0.2) is 29.0 Å².